The second kappa shape index (κ2) is 7.82. The van der Waals surface area contributed by atoms with Crippen molar-refractivity contribution in [3.05, 3.63) is 23.9 Å². The molecule has 4 heteroatoms. The number of carbonyl (C=O) groups is 1. The number of amides is 1. The van der Waals surface area contributed by atoms with Crippen LogP contribution in [0.2, 0.25) is 0 Å². The SMILES string of the molecule is CCCCCN(C)CC(=O)Nc1cccc(C)n1. The number of nitrogens with one attached hydrogen (secondary N) is 1. The van der Waals surface area contributed by atoms with Crippen LogP contribution in [0.4, 0.5) is 5.82 Å². The minimum Gasteiger partial charge on any atom is -0.310 e. The molecule has 0 aliphatic carbocycles. The third kappa shape index (κ3) is 5.77. The molecule has 0 aliphatic rings. The number of hydrogen-bond acceptors (Lipinski definition) is 3. The number of unbranched alkanes of at least 4 members (excludes halogenated alkanes) is 2. The lowest BCUT2D eigenvalue weighted by atomic mass is 10.2. The molecule has 0 atom stereocenters. The molecular formula is C14H23N3O. The van der Waals surface area contributed by atoms with E-state index in [1.165, 1.54) is 12.8 Å². The number of aryl methyl sites for hydroxylation is 1. The second-order valence-corrected chi connectivity index (χ2v) is 4.66. The van der Waals surface area contributed by atoms with Gasteiger partial charge in [0.05, 0.1) is 6.54 Å². The Balaban J connectivity index is 2.32. The van der Waals surface area contributed by atoms with E-state index in [1.54, 1.807) is 0 Å². The summed E-state index contributed by atoms with van der Waals surface area (Å²) in [5.41, 5.74) is 0.907. The van der Waals surface area contributed by atoms with E-state index in [9.17, 15) is 4.79 Å². The van der Waals surface area contributed by atoms with Crippen LogP contribution in [0.25, 0.3) is 0 Å². The zero-order valence-corrected chi connectivity index (χ0v) is 11.6. The van der Waals surface area contributed by atoms with E-state index in [1.807, 2.05) is 37.1 Å². The Labute approximate surface area is 109 Å². The van der Waals surface area contributed by atoms with Crippen LogP contribution in [0.15, 0.2) is 18.2 Å². The average molecular weight is 249 g/mol. The third-order valence-corrected chi connectivity index (χ3v) is 2.71. The van der Waals surface area contributed by atoms with Crippen LogP contribution in [0.3, 0.4) is 0 Å². The maximum absolute atomic E-state index is 11.8. The van der Waals surface area contributed by atoms with Gasteiger partial charge in [-0.25, -0.2) is 4.98 Å². The molecule has 0 unspecified atom stereocenters. The van der Waals surface area contributed by atoms with Gasteiger partial charge in [0.2, 0.25) is 5.91 Å². The molecule has 0 radical (unpaired) electrons. The summed E-state index contributed by atoms with van der Waals surface area (Å²) in [5.74, 6) is 0.619. The van der Waals surface area contributed by atoms with Crippen LogP contribution in [-0.4, -0.2) is 35.9 Å². The van der Waals surface area contributed by atoms with Crippen molar-refractivity contribution < 1.29 is 4.79 Å². The van der Waals surface area contributed by atoms with Gasteiger partial charge in [0, 0.05) is 5.69 Å². The highest BCUT2D eigenvalue weighted by atomic mass is 16.2. The smallest absolute Gasteiger partial charge is 0.239 e. The van der Waals surface area contributed by atoms with Crippen molar-refractivity contribution in [2.45, 2.75) is 33.1 Å². The van der Waals surface area contributed by atoms with E-state index in [0.717, 1.165) is 18.7 Å². The maximum Gasteiger partial charge on any atom is 0.239 e. The van der Waals surface area contributed by atoms with E-state index in [2.05, 4.69) is 17.2 Å². The highest BCUT2D eigenvalue weighted by Crippen LogP contribution is 2.04. The second-order valence-electron chi connectivity index (χ2n) is 4.66. The summed E-state index contributed by atoms with van der Waals surface area (Å²) in [7, 11) is 1.97. The minimum absolute atomic E-state index is 0.00732. The fraction of sp³-hybridized carbons (Fsp3) is 0.571. The predicted octanol–water partition coefficient (Wildman–Crippen LogP) is 2.45. The molecule has 1 aromatic rings. The fourth-order valence-corrected chi connectivity index (χ4v) is 1.75. The number of likely N-dealkylation sites (N-methyl/N-ethyl adjacent to an activating group) is 1. The number of hydrogen-bond donors (Lipinski definition) is 1. The van der Waals surface area contributed by atoms with Crippen molar-refractivity contribution in [2.24, 2.45) is 0 Å². The molecule has 0 bridgehead atoms. The van der Waals surface area contributed by atoms with Crippen LogP contribution in [-0.2, 0) is 4.79 Å². The summed E-state index contributed by atoms with van der Waals surface area (Å²) in [5, 5.41) is 2.81. The number of rotatable bonds is 7. The van der Waals surface area contributed by atoms with E-state index < -0.39 is 0 Å². The molecule has 1 N–H and O–H groups in total. The molecule has 18 heavy (non-hydrogen) atoms. The van der Waals surface area contributed by atoms with E-state index in [4.69, 9.17) is 0 Å². The normalized spacial score (nSPS) is 10.7. The first-order chi connectivity index (χ1) is 8.61. The Hall–Kier alpha value is -1.42. The van der Waals surface area contributed by atoms with Gasteiger partial charge in [-0.2, -0.15) is 0 Å². The first-order valence-corrected chi connectivity index (χ1v) is 6.54. The maximum atomic E-state index is 11.8. The Bertz CT molecular complexity index is 379. The van der Waals surface area contributed by atoms with Gasteiger partial charge in [-0.15, -0.1) is 0 Å². The van der Waals surface area contributed by atoms with Gasteiger partial charge in [-0.1, -0.05) is 25.8 Å². The van der Waals surface area contributed by atoms with E-state index in [0.29, 0.717) is 12.4 Å². The molecule has 0 saturated carbocycles. The van der Waals surface area contributed by atoms with Crippen molar-refractivity contribution in [3.63, 3.8) is 0 Å². The summed E-state index contributed by atoms with van der Waals surface area (Å²) in [6.07, 6.45) is 3.56. The molecule has 4 nitrogen and oxygen atoms in total. The van der Waals surface area contributed by atoms with E-state index >= 15 is 0 Å². The van der Waals surface area contributed by atoms with Gasteiger partial charge in [0.1, 0.15) is 5.82 Å². The fourth-order valence-electron chi connectivity index (χ4n) is 1.75. The zero-order chi connectivity index (χ0) is 13.4. The monoisotopic (exact) mass is 249 g/mol. The Morgan fingerprint density at radius 2 is 2.17 bits per heavy atom. The molecule has 0 spiro atoms. The van der Waals surface area contributed by atoms with Crippen LogP contribution in [0, 0.1) is 6.92 Å². The van der Waals surface area contributed by atoms with Gasteiger partial charge in [0.15, 0.2) is 0 Å². The Kier molecular flexibility index (Phi) is 6.36. The number of aromatic nitrogens is 1. The van der Waals surface area contributed by atoms with Crippen molar-refractivity contribution in [1.29, 1.82) is 0 Å². The third-order valence-electron chi connectivity index (χ3n) is 2.71. The summed E-state index contributed by atoms with van der Waals surface area (Å²) in [6.45, 7) is 5.46. The molecule has 0 aromatic carbocycles. The van der Waals surface area contributed by atoms with Gasteiger partial charge >= 0.3 is 0 Å². The van der Waals surface area contributed by atoms with Gasteiger partial charge in [0.25, 0.3) is 0 Å². The molecule has 1 amide bonds. The highest BCUT2D eigenvalue weighted by Gasteiger charge is 2.07. The molecule has 1 rings (SSSR count). The van der Waals surface area contributed by atoms with Crippen molar-refractivity contribution in [2.75, 3.05) is 25.5 Å². The zero-order valence-electron chi connectivity index (χ0n) is 11.6. The summed E-state index contributed by atoms with van der Waals surface area (Å²) >= 11 is 0. The lowest BCUT2D eigenvalue weighted by Crippen LogP contribution is -2.31. The number of carbonyl (C=O) groups excluding carboxylic acids is 1. The quantitative estimate of drug-likeness (QED) is 0.755. The van der Waals surface area contributed by atoms with Crippen LogP contribution in [0.5, 0.6) is 0 Å². The van der Waals surface area contributed by atoms with Gasteiger partial charge in [-0.05, 0) is 39.1 Å². The lowest BCUT2D eigenvalue weighted by Gasteiger charge is -2.15. The summed E-state index contributed by atoms with van der Waals surface area (Å²) < 4.78 is 0. The van der Waals surface area contributed by atoms with E-state index in [-0.39, 0.29) is 5.91 Å². The predicted molar refractivity (Wildman–Crippen MR) is 74.6 cm³/mol. The van der Waals surface area contributed by atoms with Crippen molar-refractivity contribution in [1.82, 2.24) is 9.88 Å². The number of nitrogens with zero attached hydrogens (tertiary/aromatic N) is 2. The molecule has 1 heterocycles. The molecule has 100 valence electrons. The topological polar surface area (TPSA) is 45.2 Å². The van der Waals surface area contributed by atoms with Gasteiger partial charge in [-0.3, -0.25) is 9.69 Å². The molecule has 0 saturated heterocycles. The summed E-state index contributed by atoms with van der Waals surface area (Å²) in [6, 6.07) is 5.61. The molecule has 0 aliphatic heterocycles. The van der Waals surface area contributed by atoms with Crippen molar-refractivity contribution in [3.8, 4) is 0 Å². The minimum atomic E-state index is -0.00732. The Morgan fingerprint density at radius 1 is 1.39 bits per heavy atom. The lowest BCUT2D eigenvalue weighted by molar-refractivity contribution is -0.117. The molecular weight excluding hydrogens is 226 g/mol. The standard InChI is InChI=1S/C14H23N3O/c1-4-5-6-10-17(3)11-14(18)16-13-9-7-8-12(2)15-13/h7-9H,4-6,10-11H2,1-3H3,(H,15,16,18). The number of pyridine rings is 1. The average Bonchev–Trinajstić information content (AvgIpc) is 2.29. The van der Waals surface area contributed by atoms with Crippen LogP contribution >= 0.6 is 0 Å². The van der Waals surface area contributed by atoms with Crippen molar-refractivity contribution >= 4 is 11.7 Å². The molecule has 0 fully saturated rings. The number of anilines is 1. The highest BCUT2D eigenvalue weighted by molar-refractivity contribution is 5.91. The molecule has 1 aromatic heterocycles. The largest absolute Gasteiger partial charge is 0.310 e. The first kappa shape index (κ1) is 14.6. The first-order valence-electron chi connectivity index (χ1n) is 6.54. The Morgan fingerprint density at radius 3 is 2.83 bits per heavy atom. The van der Waals surface area contributed by atoms with Crippen LogP contribution in [0.1, 0.15) is 31.9 Å². The summed E-state index contributed by atoms with van der Waals surface area (Å²) in [4.78, 5) is 18.1. The van der Waals surface area contributed by atoms with Gasteiger partial charge < -0.3 is 5.32 Å². The van der Waals surface area contributed by atoms with Crippen LogP contribution < -0.4 is 5.32 Å².